The zero-order chi connectivity index (χ0) is 13.5. The first-order valence-corrected chi connectivity index (χ1v) is 5.86. The minimum atomic E-state index is -4.43. The van der Waals surface area contributed by atoms with Crippen LogP contribution in [-0.2, 0) is 6.18 Å². The highest BCUT2D eigenvalue weighted by Gasteiger charge is 2.33. The van der Waals surface area contributed by atoms with Crippen LogP contribution in [0.5, 0.6) is 0 Å². The van der Waals surface area contributed by atoms with Crippen LogP contribution in [0.2, 0.25) is 0 Å². The fourth-order valence-corrected chi connectivity index (χ4v) is 2.06. The summed E-state index contributed by atoms with van der Waals surface area (Å²) in [7, 11) is 0. The molecule has 7 heteroatoms. The second kappa shape index (κ2) is 4.34. The molecule has 0 aliphatic carbocycles. The molecule has 0 atom stereocenters. The van der Waals surface area contributed by atoms with Gasteiger partial charge < -0.3 is 9.72 Å². The number of halogens is 3. The van der Waals surface area contributed by atoms with E-state index in [1.165, 1.54) is 10.6 Å². The second-order valence-electron chi connectivity index (χ2n) is 4.35. The molecule has 0 aromatic carbocycles. The van der Waals surface area contributed by atoms with Gasteiger partial charge >= 0.3 is 6.18 Å². The van der Waals surface area contributed by atoms with E-state index in [-0.39, 0.29) is 5.65 Å². The second-order valence-corrected chi connectivity index (χ2v) is 4.35. The van der Waals surface area contributed by atoms with Gasteiger partial charge in [0.2, 0.25) is 0 Å². The Hall–Kier alpha value is -1.89. The lowest BCUT2D eigenvalue weighted by Crippen LogP contribution is -2.20. The lowest BCUT2D eigenvalue weighted by atomic mass is 10.1. The van der Waals surface area contributed by atoms with E-state index in [0.717, 1.165) is 31.3 Å². The Balaban J connectivity index is 2.03. The van der Waals surface area contributed by atoms with Gasteiger partial charge in [-0.2, -0.15) is 13.2 Å². The van der Waals surface area contributed by atoms with Crippen molar-refractivity contribution in [3.05, 3.63) is 36.1 Å². The summed E-state index contributed by atoms with van der Waals surface area (Å²) in [5.41, 5.74) is 1.04. The van der Waals surface area contributed by atoms with Crippen LogP contribution in [0.3, 0.4) is 0 Å². The Kier molecular flexibility index (Phi) is 2.78. The molecule has 2 aromatic heterocycles. The topological polar surface area (TPSA) is 42.2 Å². The minimum absolute atomic E-state index is 0.200. The van der Waals surface area contributed by atoms with Crippen molar-refractivity contribution >= 4 is 11.2 Å². The van der Waals surface area contributed by atoms with Crippen LogP contribution in [0.25, 0.3) is 11.2 Å². The third-order valence-electron chi connectivity index (χ3n) is 3.02. The molecule has 19 heavy (non-hydrogen) atoms. The molecule has 1 N–H and O–H groups in total. The maximum atomic E-state index is 12.6. The van der Waals surface area contributed by atoms with E-state index in [4.69, 9.17) is 0 Å². The van der Waals surface area contributed by atoms with Crippen LogP contribution in [0.4, 0.5) is 13.2 Å². The molecule has 0 saturated heterocycles. The first kappa shape index (κ1) is 12.2. The highest BCUT2D eigenvalue weighted by molar-refractivity contribution is 5.64. The molecular formula is C12H11F3N4. The molecule has 0 radical (unpaired) electrons. The Morgan fingerprint density at radius 2 is 2.11 bits per heavy atom. The summed E-state index contributed by atoms with van der Waals surface area (Å²) in [6.45, 7) is 1.61. The number of hydrogen-bond donors (Lipinski definition) is 1. The maximum Gasteiger partial charge on any atom is 0.434 e. The average Bonchev–Trinajstić information content (AvgIpc) is 2.82. The number of hydrogen-bond acceptors (Lipinski definition) is 3. The molecule has 3 rings (SSSR count). The zero-order valence-corrected chi connectivity index (χ0v) is 9.91. The number of imidazole rings is 1. The summed E-state index contributed by atoms with van der Waals surface area (Å²) in [6, 6.07) is 0. The van der Waals surface area contributed by atoms with E-state index in [0.29, 0.717) is 5.69 Å². The quantitative estimate of drug-likeness (QED) is 0.861. The first-order valence-electron chi connectivity index (χ1n) is 5.86. The molecule has 3 heterocycles. The van der Waals surface area contributed by atoms with Crippen LogP contribution in [0.15, 0.2) is 24.7 Å². The van der Waals surface area contributed by atoms with Crippen molar-refractivity contribution in [3.8, 4) is 0 Å². The molecule has 0 bridgehead atoms. The Labute approximate surface area is 107 Å². The summed E-state index contributed by atoms with van der Waals surface area (Å²) in [6.07, 6.45) is 2.34. The van der Waals surface area contributed by atoms with E-state index in [1.54, 1.807) is 6.20 Å². The number of rotatable bonds is 1. The molecule has 100 valence electrons. The molecule has 1 aliphatic heterocycles. The summed E-state index contributed by atoms with van der Waals surface area (Å²) < 4.78 is 39.1. The van der Waals surface area contributed by atoms with Gasteiger partial charge in [0.1, 0.15) is 0 Å². The molecule has 0 unspecified atom stereocenters. The SMILES string of the molecule is FC(F)(F)c1cn2cc(C3=CCNCC3)ncc2n1. The molecule has 0 fully saturated rings. The highest BCUT2D eigenvalue weighted by atomic mass is 19.4. The maximum absolute atomic E-state index is 12.6. The molecular weight excluding hydrogens is 257 g/mol. The van der Waals surface area contributed by atoms with Crippen molar-refractivity contribution in [2.75, 3.05) is 13.1 Å². The average molecular weight is 268 g/mol. The van der Waals surface area contributed by atoms with Gasteiger partial charge in [-0.1, -0.05) is 6.08 Å². The molecule has 4 nitrogen and oxygen atoms in total. The van der Waals surface area contributed by atoms with Gasteiger partial charge in [-0.3, -0.25) is 4.98 Å². The van der Waals surface area contributed by atoms with Gasteiger partial charge in [-0.05, 0) is 18.5 Å². The van der Waals surface area contributed by atoms with Crippen molar-refractivity contribution in [1.82, 2.24) is 19.7 Å². The number of fused-ring (bicyclic) bond motifs is 1. The minimum Gasteiger partial charge on any atom is -0.313 e. The normalized spacial score (nSPS) is 16.7. The van der Waals surface area contributed by atoms with E-state index in [9.17, 15) is 13.2 Å². The predicted octanol–water partition coefficient (Wildman–Crippen LogP) is 2.12. The fraction of sp³-hybridized carbons (Fsp3) is 0.333. The van der Waals surface area contributed by atoms with E-state index in [2.05, 4.69) is 15.3 Å². The van der Waals surface area contributed by atoms with Gasteiger partial charge in [0.05, 0.1) is 11.9 Å². The number of alkyl halides is 3. The smallest absolute Gasteiger partial charge is 0.313 e. The lowest BCUT2D eigenvalue weighted by molar-refractivity contribution is -0.140. The van der Waals surface area contributed by atoms with Crippen LogP contribution in [-0.4, -0.2) is 27.5 Å². The van der Waals surface area contributed by atoms with Crippen LogP contribution in [0, 0.1) is 0 Å². The molecule has 0 spiro atoms. The highest BCUT2D eigenvalue weighted by Crippen LogP contribution is 2.28. The van der Waals surface area contributed by atoms with Crippen molar-refractivity contribution in [2.24, 2.45) is 0 Å². The van der Waals surface area contributed by atoms with Gasteiger partial charge in [0.15, 0.2) is 11.3 Å². The fourth-order valence-electron chi connectivity index (χ4n) is 2.06. The van der Waals surface area contributed by atoms with E-state index < -0.39 is 11.9 Å². The molecule has 0 amide bonds. The standard InChI is InChI=1S/C12H11F3N4/c13-12(14,15)10-7-19-6-9(17-5-11(19)18-10)8-1-3-16-4-2-8/h1,5-7,16H,2-4H2. The van der Waals surface area contributed by atoms with Crippen molar-refractivity contribution in [3.63, 3.8) is 0 Å². The predicted molar refractivity (Wildman–Crippen MR) is 63.5 cm³/mol. The van der Waals surface area contributed by atoms with Crippen LogP contribution in [0.1, 0.15) is 17.8 Å². The summed E-state index contributed by atoms with van der Waals surface area (Å²) in [5.74, 6) is 0. The largest absolute Gasteiger partial charge is 0.434 e. The van der Waals surface area contributed by atoms with Gasteiger partial charge in [-0.25, -0.2) is 4.98 Å². The van der Waals surface area contributed by atoms with Gasteiger partial charge in [0.25, 0.3) is 0 Å². The third kappa shape index (κ3) is 2.33. The Morgan fingerprint density at radius 3 is 2.79 bits per heavy atom. The number of nitrogens with one attached hydrogen (secondary N) is 1. The molecule has 0 saturated carbocycles. The van der Waals surface area contributed by atoms with Gasteiger partial charge in [0, 0.05) is 18.9 Å². The molecule has 2 aromatic rings. The van der Waals surface area contributed by atoms with Crippen molar-refractivity contribution < 1.29 is 13.2 Å². The van der Waals surface area contributed by atoms with E-state index >= 15 is 0 Å². The number of aromatic nitrogens is 3. The monoisotopic (exact) mass is 268 g/mol. The Morgan fingerprint density at radius 1 is 1.26 bits per heavy atom. The third-order valence-corrected chi connectivity index (χ3v) is 3.02. The Bertz CT molecular complexity index is 642. The summed E-state index contributed by atoms with van der Waals surface area (Å²) >= 11 is 0. The lowest BCUT2D eigenvalue weighted by Gasteiger charge is -2.13. The van der Waals surface area contributed by atoms with Crippen LogP contribution >= 0.6 is 0 Å². The summed E-state index contributed by atoms with van der Waals surface area (Å²) in [4.78, 5) is 7.69. The zero-order valence-electron chi connectivity index (χ0n) is 9.91. The van der Waals surface area contributed by atoms with Gasteiger partial charge in [-0.15, -0.1) is 0 Å². The first-order chi connectivity index (χ1) is 9.04. The van der Waals surface area contributed by atoms with Crippen molar-refractivity contribution in [1.29, 1.82) is 0 Å². The number of nitrogens with zero attached hydrogens (tertiary/aromatic N) is 3. The summed E-state index contributed by atoms with van der Waals surface area (Å²) in [5, 5.41) is 3.17. The van der Waals surface area contributed by atoms with E-state index in [1.807, 2.05) is 6.08 Å². The molecule has 1 aliphatic rings. The van der Waals surface area contributed by atoms with Crippen LogP contribution < -0.4 is 5.32 Å². The van der Waals surface area contributed by atoms with Crippen molar-refractivity contribution in [2.45, 2.75) is 12.6 Å².